The van der Waals surface area contributed by atoms with Gasteiger partial charge in [0.05, 0.1) is 21.3 Å². The van der Waals surface area contributed by atoms with E-state index in [-0.39, 0.29) is 10.6 Å². The summed E-state index contributed by atoms with van der Waals surface area (Å²) >= 11 is 9.11. The number of hydrogen-bond donors (Lipinski definition) is 2. The molecule has 7 heteroatoms. The number of nitrogen functional groups attached to an aromatic ring is 1. The first-order valence-electron chi connectivity index (χ1n) is 5.63. The molecular formula is C13H12BrClN2O2S. The lowest BCUT2D eigenvalue weighted by Gasteiger charge is -2.11. The molecule has 0 unspecified atom stereocenters. The van der Waals surface area contributed by atoms with Crippen LogP contribution in [0.4, 0.5) is 11.4 Å². The Morgan fingerprint density at radius 3 is 2.50 bits per heavy atom. The summed E-state index contributed by atoms with van der Waals surface area (Å²) in [7, 11) is -3.71. The molecule has 0 heterocycles. The molecule has 0 saturated carbocycles. The number of nitrogens with one attached hydrogen (secondary N) is 1. The van der Waals surface area contributed by atoms with E-state index in [1.54, 1.807) is 6.07 Å². The van der Waals surface area contributed by atoms with Crippen LogP contribution >= 0.6 is 27.5 Å². The van der Waals surface area contributed by atoms with Crippen molar-refractivity contribution in [1.29, 1.82) is 0 Å². The fourth-order valence-corrected chi connectivity index (χ4v) is 3.55. The van der Waals surface area contributed by atoms with Crippen LogP contribution in [0.2, 0.25) is 5.02 Å². The van der Waals surface area contributed by atoms with E-state index < -0.39 is 10.0 Å². The van der Waals surface area contributed by atoms with E-state index in [0.29, 0.717) is 15.2 Å². The number of sulfonamides is 1. The Hall–Kier alpha value is -1.24. The van der Waals surface area contributed by atoms with E-state index in [2.05, 4.69) is 20.7 Å². The average molecular weight is 376 g/mol. The lowest BCUT2D eigenvalue weighted by Crippen LogP contribution is -2.13. The number of nitrogens with two attached hydrogens (primary N) is 1. The number of aryl methyl sites for hydroxylation is 1. The zero-order valence-corrected chi connectivity index (χ0v) is 13.7. The largest absolute Gasteiger partial charge is 0.397 e. The van der Waals surface area contributed by atoms with Crippen molar-refractivity contribution < 1.29 is 8.42 Å². The second-order valence-corrected chi connectivity index (χ2v) is 7.22. The summed E-state index contributed by atoms with van der Waals surface area (Å²) in [5, 5.41) is 0.320. The SMILES string of the molecule is Cc1ccc(NS(=O)(=O)c2ccc(Cl)c(N)c2)c(Br)c1. The van der Waals surface area contributed by atoms with Crippen molar-refractivity contribution in [2.45, 2.75) is 11.8 Å². The molecule has 3 N–H and O–H groups in total. The van der Waals surface area contributed by atoms with Crippen LogP contribution in [-0.4, -0.2) is 8.42 Å². The molecule has 4 nitrogen and oxygen atoms in total. The van der Waals surface area contributed by atoms with Crippen LogP contribution < -0.4 is 10.5 Å². The van der Waals surface area contributed by atoms with Crippen molar-refractivity contribution >= 4 is 48.9 Å². The molecule has 0 amide bonds. The first-order valence-corrected chi connectivity index (χ1v) is 8.29. The Morgan fingerprint density at radius 2 is 1.90 bits per heavy atom. The lowest BCUT2D eigenvalue weighted by molar-refractivity contribution is 0.601. The van der Waals surface area contributed by atoms with Crippen molar-refractivity contribution in [2.24, 2.45) is 0 Å². The minimum Gasteiger partial charge on any atom is -0.397 e. The third kappa shape index (κ3) is 3.26. The summed E-state index contributed by atoms with van der Waals surface area (Å²) in [5.41, 5.74) is 7.33. The van der Waals surface area contributed by atoms with Gasteiger partial charge in [-0.15, -0.1) is 0 Å². The topological polar surface area (TPSA) is 72.2 Å². The van der Waals surface area contributed by atoms with Gasteiger partial charge in [0.1, 0.15) is 0 Å². The zero-order chi connectivity index (χ0) is 14.9. The van der Waals surface area contributed by atoms with Gasteiger partial charge >= 0.3 is 0 Å². The predicted octanol–water partition coefficient (Wildman–Crippen LogP) is 3.79. The monoisotopic (exact) mass is 374 g/mol. The van der Waals surface area contributed by atoms with Gasteiger partial charge in [-0.3, -0.25) is 4.72 Å². The quantitative estimate of drug-likeness (QED) is 0.802. The molecule has 20 heavy (non-hydrogen) atoms. The maximum absolute atomic E-state index is 12.3. The van der Waals surface area contributed by atoms with E-state index >= 15 is 0 Å². The maximum atomic E-state index is 12.3. The molecule has 0 fully saturated rings. The molecule has 0 aliphatic carbocycles. The van der Waals surface area contributed by atoms with Gasteiger partial charge in [-0.25, -0.2) is 8.42 Å². The van der Waals surface area contributed by atoms with Crippen LogP contribution in [0.15, 0.2) is 45.8 Å². The highest BCUT2D eigenvalue weighted by Gasteiger charge is 2.16. The lowest BCUT2D eigenvalue weighted by atomic mass is 10.2. The normalized spacial score (nSPS) is 11.3. The van der Waals surface area contributed by atoms with Crippen molar-refractivity contribution in [2.75, 3.05) is 10.5 Å². The molecule has 0 aliphatic rings. The third-order valence-corrected chi connectivity index (χ3v) is 5.01. The standard InChI is InChI=1S/C13H12BrClN2O2S/c1-8-2-5-13(10(14)6-8)17-20(18,19)9-3-4-11(15)12(16)7-9/h2-7,17H,16H2,1H3. The molecule has 0 aromatic heterocycles. The van der Waals surface area contributed by atoms with Gasteiger partial charge in [-0.1, -0.05) is 17.7 Å². The summed E-state index contributed by atoms with van der Waals surface area (Å²) in [5.74, 6) is 0. The molecule has 106 valence electrons. The molecule has 2 rings (SSSR count). The highest BCUT2D eigenvalue weighted by Crippen LogP contribution is 2.28. The fraction of sp³-hybridized carbons (Fsp3) is 0.0769. The second-order valence-electron chi connectivity index (χ2n) is 4.27. The fourth-order valence-electron chi connectivity index (χ4n) is 1.60. The molecule has 2 aromatic rings. The molecular weight excluding hydrogens is 364 g/mol. The predicted molar refractivity (Wildman–Crippen MR) is 85.6 cm³/mol. The van der Waals surface area contributed by atoms with Gasteiger partial charge < -0.3 is 5.73 Å². The van der Waals surface area contributed by atoms with Crippen LogP contribution in [0.5, 0.6) is 0 Å². The van der Waals surface area contributed by atoms with Crippen LogP contribution in [-0.2, 0) is 10.0 Å². The van der Waals surface area contributed by atoms with Crippen LogP contribution in [0.3, 0.4) is 0 Å². The first-order chi connectivity index (χ1) is 9.29. The van der Waals surface area contributed by atoms with Crippen LogP contribution in [0.25, 0.3) is 0 Å². The molecule has 2 aromatic carbocycles. The van der Waals surface area contributed by atoms with Gasteiger partial charge in [0.15, 0.2) is 0 Å². The van der Waals surface area contributed by atoms with Crippen molar-refractivity contribution in [3.63, 3.8) is 0 Å². The van der Waals surface area contributed by atoms with E-state index in [0.717, 1.165) is 5.56 Å². The van der Waals surface area contributed by atoms with E-state index in [1.165, 1.54) is 18.2 Å². The van der Waals surface area contributed by atoms with Gasteiger partial charge in [0.2, 0.25) is 0 Å². The second kappa shape index (κ2) is 5.63. The van der Waals surface area contributed by atoms with E-state index in [1.807, 2.05) is 19.1 Å². The zero-order valence-electron chi connectivity index (χ0n) is 10.5. The summed E-state index contributed by atoms with van der Waals surface area (Å²) in [4.78, 5) is 0.0619. The summed E-state index contributed by atoms with van der Waals surface area (Å²) in [6.45, 7) is 1.92. The number of benzene rings is 2. The Morgan fingerprint density at radius 1 is 1.20 bits per heavy atom. The molecule has 0 spiro atoms. The molecule has 0 atom stereocenters. The van der Waals surface area contributed by atoms with Gasteiger partial charge in [-0.2, -0.15) is 0 Å². The van der Waals surface area contributed by atoms with Crippen molar-refractivity contribution in [1.82, 2.24) is 0 Å². The third-order valence-electron chi connectivity index (χ3n) is 2.65. The number of rotatable bonds is 3. The number of halogens is 2. The van der Waals surface area contributed by atoms with Crippen LogP contribution in [0.1, 0.15) is 5.56 Å². The minimum atomic E-state index is -3.71. The number of anilines is 2. The van der Waals surface area contributed by atoms with Gasteiger partial charge in [-0.05, 0) is 58.7 Å². The Labute approximate surface area is 131 Å². The first kappa shape index (κ1) is 15.2. The molecule has 0 bridgehead atoms. The Bertz CT molecular complexity index is 763. The summed E-state index contributed by atoms with van der Waals surface area (Å²) in [6, 6.07) is 9.52. The van der Waals surface area contributed by atoms with Gasteiger partial charge in [0.25, 0.3) is 10.0 Å². The van der Waals surface area contributed by atoms with Crippen molar-refractivity contribution in [3.05, 3.63) is 51.5 Å². The van der Waals surface area contributed by atoms with E-state index in [4.69, 9.17) is 17.3 Å². The highest BCUT2D eigenvalue weighted by molar-refractivity contribution is 9.10. The van der Waals surface area contributed by atoms with Gasteiger partial charge in [0, 0.05) is 4.47 Å². The maximum Gasteiger partial charge on any atom is 0.262 e. The average Bonchev–Trinajstić information content (AvgIpc) is 2.36. The Balaban J connectivity index is 2.38. The molecule has 0 aliphatic heterocycles. The highest BCUT2D eigenvalue weighted by atomic mass is 79.9. The summed E-state index contributed by atoms with van der Waals surface area (Å²) < 4.78 is 27.7. The summed E-state index contributed by atoms with van der Waals surface area (Å²) in [6.07, 6.45) is 0. The van der Waals surface area contributed by atoms with Crippen LogP contribution in [0, 0.1) is 6.92 Å². The van der Waals surface area contributed by atoms with Crippen molar-refractivity contribution in [3.8, 4) is 0 Å². The smallest absolute Gasteiger partial charge is 0.262 e. The molecule has 0 saturated heterocycles. The minimum absolute atomic E-state index is 0.0619. The van der Waals surface area contributed by atoms with E-state index in [9.17, 15) is 8.42 Å². The molecule has 0 radical (unpaired) electrons. The Kier molecular flexibility index (Phi) is 4.27. The number of hydrogen-bond acceptors (Lipinski definition) is 3.